The first-order valence-electron chi connectivity index (χ1n) is 12.2. The number of nitrogens with one attached hydrogen (secondary N) is 1. The number of ether oxygens (including phenoxy) is 2. The number of nitrogens with zero attached hydrogens (tertiary/aromatic N) is 4. The van der Waals surface area contributed by atoms with Crippen LogP contribution in [0.15, 0.2) is 42.5 Å². The van der Waals surface area contributed by atoms with E-state index in [2.05, 4.69) is 16.4 Å². The maximum absolute atomic E-state index is 12.2. The largest absolute Gasteiger partial charge is 0.490 e. The average Bonchev–Trinajstić information content (AvgIpc) is 3.18. The molecule has 4 rings (SSSR count). The van der Waals surface area contributed by atoms with Gasteiger partial charge in [-0.15, -0.1) is 0 Å². The molecule has 1 aromatic heterocycles. The number of carbonyl (C=O) groups is 2. The zero-order chi connectivity index (χ0) is 26.6. The monoisotopic (exact) mass is 505 g/mol. The van der Waals surface area contributed by atoms with Gasteiger partial charge in [-0.2, -0.15) is 5.26 Å². The highest BCUT2D eigenvalue weighted by molar-refractivity contribution is 5.80. The summed E-state index contributed by atoms with van der Waals surface area (Å²) >= 11 is 0. The number of benzene rings is 2. The van der Waals surface area contributed by atoms with Gasteiger partial charge in [-0.05, 0) is 63.2 Å². The second-order valence-corrected chi connectivity index (χ2v) is 9.99. The van der Waals surface area contributed by atoms with Crippen LogP contribution in [0, 0.1) is 11.3 Å². The van der Waals surface area contributed by atoms with Gasteiger partial charge in [0.1, 0.15) is 29.8 Å². The summed E-state index contributed by atoms with van der Waals surface area (Å²) in [7, 11) is 0. The van der Waals surface area contributed by atoms with E-state index in [-0.39, 0.29) is 18.7 Å². The number of rotatable bonds is 7. The number of imidazole rings is 1. The first-order chi connectivity index (χ1) is 17.6. The maximum atomic E-state index is 12.2. The van der Waals surface area contributed by atoms with Gasteiger partial charge in [0.2, 0.25) is 0 Å². The molecule has 0 radical (unpaired) electrons. The molecular formula is C27H31N5O5. The van der Waals surface area contributed by atoms with Gasteiger partial charge in [-0.1, -0.05) is 0 Å². The lowest BCUT2D eigenvalue weighted by molar-refractivity contribution is -0.137. The molecule has 37 heavy (non-hydrogen) atoms. The molecule has 3 aromatic rings. The SMILES string of the molecule is CC(C)(C)OC(=O)N1CCC(Oc2ccc(NCc3nc4cc(C#N)ccc4n3CC(=O)O)cc2)CC1. The van der Waals surface area contributed by atoms with Crippen molar-refractivity contribution in [1.82, 2.24) is 14.5 Å². The van der Waals surface area contributed by atoms with Gasteiger partial charge in [0, 0.05) is 31.6 Å². The quantitative estimate of drug-likeness (QED) is 0.484. The van der Waals surface area contributed by atoms with Gasteiger partial charge >= 0.3 is 12.1 Å². The minimum Gasteiger partial charge on any atom is -0.490 e. The summed E-state index contributed by atoms with van der Waals surface area (Å²) in [5.41, 5.74) is 2.04. The third kappa shape index (κ3) is 6.70. The minimum absolute atomic E-state index is 0.0201. The Morgan fingerprint density at radius 1 is 1.16 bits per heavy atom. The Labute approximate surface area is 215 Å². The summed E-state index contributed by atoms with van der Waals surface area (Å²) in [6.07, 6.45) is 1.19. The van der Waals surface area contributed by atoms with Crippen LogP contribution in [-0.2, 0) is 22.6 Å². The summed E-state index contributed by atoms with van der Waals surface area (Å²) in [6.45, 7) is 6.84. The van der Waals surface area contributed by atoms with Crippen molar-refractivity contribution in [2.45, 2.75) is 58.4 Å². The molecule has 0 unspecified atom stereocenters. The van der Waals surface area contributed by atoms with Crippen LogP contribution in [0.2, 0.25) is 0 Å². The van der Waals surface area contributed by atoms with Crippen LogP contribution in [0.4, 0.5) is 10.5 Å². The van der Waals surface area contributed by atoms with Crippen molar-refractivity contribution in [2.75, 3.05) is 18.4 Å². The molecule has 0 saturated carbocycles. The van der Waals surface area contributed by atoms with Crippen molar-refractivity contribution in [1.29, 1.82) is 5.26 Å². The smallest absolute Gasteiger partial charge is 0.410 e. The van der Waals surface area contributed by atoms with Gasteiger partial charge in [0.05, 0.1) is 29.2 Å². The van der Waals surface area contributed by atoms with Crippen molar-refractivity contribution >= 4 is 28.8 Å². The van der Waals surface area contributed by atoms with E-state index < -0.39 is 11.6 Å². The fraction of sp³-hybridized carbons (Fsp3) is 0.407. The van der Waals surface area contributed by atoms with Crippen molar-refractivity contribution < 1.29 is 24.2 Å². The molecule has 0 spiro atoms. The number of anilines is 1. The molecule has 0 aliphatic carbocycles. The van der Waals surface area contributed by atoms with E-state index in [1.54, 1.807) is 27.7 Å². The number of fused-ring (bicyclic) bond motifs is 1. The van der Waals surface area contributed by atoms with Gasteiger partial charge in [0.25, 0.3) is 0 Å². The fourth-order valence-electron chi connectivity index (χ4n) is 4.20. The lowest BCUT2D eigenvalue weighted by atomic mass is 10.1. The molecule has 0 bridgehead atoms. The number of likely N-dealkylation sites (tertiary alicyclic amines) is 1. The van der Waals surface area contributed by atoms with Crippen LogP contribution in [0.25, 0.3) is 11.0 Å². The van der Waals surface area contributed by atoms with Crippen LogP contribution >= 0.6 is 0 Å². The van der Waals surface area contributed by atoms with Crippen molar-refractivity contribution in [3.63, 3.8) is 0 Å². The standard InChI is InChI=1S/C27H31N5O5/c1-27(2,3)37-26(35)31-12-10-21(11-13-31)36-20-7-5-19(6-8-20)29-16-24-30-22-14-18(15-28)4-9-23(22)32(24)17-25(33)34/h4-9,14,21,29H,10-13,16-17H2,1-3H3,(H,33,34). The Bertz CT molecular complexity index is 1310. The lowest BCUT2D eigenvalue weighted by Gasteiger charge is -2.33. The molecule has 0 atom stereocenters. The maximum Gasteiger partial charge on any atom is 0.410 e. The van der Waals surface area contributed by atoms with Crippen LogP contribution in [0.1, 0.15) is 45.0 Å². The number of hydrogen-bond donors (Lipinski definition) is 2. The second kappa shape index (κ2) is 10.8. The fourth-order valence-corrected chi connectivity index (χ4v) is 4.20. The lowest BCUT2D eigenvalue weighted by Crippen LogP contribution is -2.44. The molecule has 1 aliphatic rings. The summed E-state index contributed by atoms with van der Waals surface area (Å²) < 4.78 is 13.2. The molecule has 1 amide bonds. The predicted octanol–water partition coefficient (Wildman–Crippen LogP) is 4.38. The van der Waals surface area contributed by atoms with Crippen LogP contribution in [0.3, 0.4) is 0 Å². The topological polar surface area (TPSA) is 130 Å². The van der Waals surface area contributed by atoms with Crippen LogP contribution in [-0.4, -0.2) is 56.4 Å². The van der Waals surface area contributed by atoms with E-state index in [0.29, 0.717) is 42.1 Å². The average molecular weight is 506 g/mol. The Balaban J connectivity index is 1.33. The number of aliphatic carboxylic acids is 1. The van der Waals surface area contributed by atoms with E-state index in [1.165, 1.54) is 0 Å². The highest BCUT2D eigenvalue weighted by atomic mass is 16.6. The Morgan fingerprint density at radius 2 is 1.86 bits per heavy atom. The second-order valence-electron chi connectivity index (χ2n) is 9.99. The summed E-state index contributed by atoms with van der Waals surface area (Å²) in [5.74, 6) is 0.330. The number of aromatic nitrogens is 2. The molecule has 2 heterocycles. The first-order valence-corrected chi connectivity index (χ1v) is 12.2. The van der Waals surface area contributed by atoms with Gasteiger partial charge in [0.15, 0.2) is 0 Å². The van der Waals surface area contributed by atoms with E-state index in [4.69, 9.17) is 14.7 Å². The molecule has 1 saturated heterocycles. The number of carboxylic acid groups (broad SMARTS) is 1. The predicted molar refractivity (Wildman–Crippen MR) is 137 cm³/mol. The van der Waals surface area contributed by atoms with Crippen LogP contribution in [0.5, 0.6) is 5.75 Å². The molecule has 10 heteroatoms. The van der Waals surface area contributed by atoms with E-state index in [1.807, 2.05) is 45.0 Å². The minimum atomic E-state index is -0.969. The Hall–Kier alpha value is -4.26. The van der Waals surface area contributed by atoms with Crippen LogP contribution < -0.4 is 10.1 Å². The number of amides is 1. The summed E-state index contributed by atoms with van der Waals surface area (Å²) in [5, 5.41) is 21.8. The molecule has 2 aromatic carbocycles. The number of nitriles is 1. The summed E-state index contributed by atoms with van der Waals surface area (Å²) in [4.78, 5) is 29.9. The van der Waals surface area contributed by atoms with Gasteiger partial charge < -0.3 is 29.4 Å². The highest BCUT2D eigenvalue weighted by Crippen LogP contribution is 2.23. The van der Waals surface area contributed by atoms with Gasteiger partial charge in [-0.3, -0.25) is 4.79 Å². The molecular weight excluding hydrogens is 474 g/mol. The number of carboxylic acids is 1. The molecule has 2 N–H and O–H groups in total. The van der Waals surface area contributed by atoms with Crippen molar-refractivity contribution in [3.05, 3.63) is 53.9 Å². The third-order valence-corrected chi connectivity index (χ3v) is 5.95. The van der Waals surface area contributed by atoms with Gasteiger partial charge in [-0.25, -0.2) is 9.78 Å². The molecule has 1 aliphatic heterocycles. The molecule has 10 nitrogen and oxygen atoms in total. The summed E-state index contributed by atoms with van der Waals surface area (Å²) in [6, 6.07) is 14.6. The number of piperidine rings is 1. The number of hydrogen-bond acceptors (Lipinski definition) is 7. The van der Waals surface area contributed by atoms with E-state index in [0.717, 1.165) is 24.3 Å². The highest BCUT2D eigenvalue weighted by Gasteiger charge is 2.27. The molecule has 194 valence electrons. The van der Waals surface area contributed by atoms with Crippen molar-refractivity contribution in [2.24, 2.45) is 0 Å². The zero-order valence-corrected chi connectivity index (χ0v) is 21.2. The first kappa shape index (κ1) is 25.8. The van der Waals surface area contributed by atoms with Crippen molar-refractivity contribution in [3.8, 4) is 11.8 Å². The van der Waals surface area contributed by atoms with E-state index in [9.17, 15) is 14.7 Å². The normalized spacial score (nSPS) is 14.3. The molecule has 1 fully saturated rings. The Morgan fingerprint density at radius 3 is 2.49 bits per heavy atom. The third-order valence-electron chi connectivity index (χ3n) is 5.95. The number of carbonyl (C=O) groups excluding carboxylic acids is 1. The van der Waals surface area contributed by atoms with E-state index >= 15 is 0 Å². The Kier molecular flexibility index (Phi) is 7.53. The zero-order valence-electron chi connectivity index (χ0n) is 21.2.